The zero-order valence-electron chi connectivity index (χ0n) is 27.9. The maximum atomic E-state index is 13.1. The zero-order chi connectivity index (χ0) is 34.0. The molecule has 0 atom stereocenters. The molecule has 0 radical (unpaired) electrons. The Labute approximate surface area is 276 Å². The van der Waals surface area contributed by atoms with Gasteiger partial charge < -0.3 is 30.5 Å². The molecule has 2 aliphatic carbocycles. The molecule has 10 nitrogen and oxygen atoms in total. The van der Waals surface area contributed by atoms with E-state index in [0.717, 1.165) is 53.5 Å². The molecule has 47 heavy (non-hydrogen) atoms. The molecule has 5 rings (SSSR count). The molecule has 2 fully saturated rings. The molecule has 1 heterocycles. The highest BCUT2D eigenvalue weighted by Gasteiger charge is 2.53. The molecule has 2 saturated carbocycles. The van der Waals surface area contributed by atoms with Gasteiger partial charge in [-0.1, -0.05) is 54.6 Å². The lowest BCUT2D eigenvalue weighted by Crippen LogP contribution is -2.62. The lowest BCUT2D eigenvalue weighted by Gasteiger charge is -2.52. The van der Waals surface area contributed by atoms with E-state index in [-0.39, 0.29) is 17.9 Å². The minimum Gasteiger partial charge on any atom is -0.465 e. The molecule has 2 aromatic carbocycles. The fraction of sp³-hybridized carbons (Fsp3) is 0.459. The Balaban J connectivity index is 1.33. The number of anilines is 1. The van der Waals surface area contributed by atoms with E-state index in [4.69, 9.17) is 4.74 Å². The van der Waals surface area contributed by atoms with Gasteiger partial charge >= 0.3 is 12.2 Å². The first-order valence-electron chi connectivity index (χ1n) is 16.3. The van der Waals surface area contributed by atoms with Gasteiger partial charge in [0.2, 0.25) is 5.91 Å². The Kier molecular flexibility index (Phi) is 9.63. The summed E-state index contributed by atoms with van der Waals surface area (Å²) in [5, 5.41) is 25.9. The maximum Gasteiger partial charge on any atom is 0.408 e. The summed E-state index contributed by atoms with van der Waals surface area (Å²) in [6, 6.07) is 19.7. The number of carboxylic acid groups (broad SMARTS) is 1. The Bertz CT molecular complexity index is 1580. The molecule has 2 aliphatic rings. The number of nitrogens with zero attached hydrogens (tertiary/aromatic N) is 2. The molecule has 0 unspecified atom stereocenters. The first kappa shape index (κ1) is 33.9. The number of alkyl carbamates (subject to hydrolysis) is 1. The van der Waals surface area contributed by atoms with Crippen molar-refractivity contribution in [2.45, 2.75) is 95.4 Å². The highest BCUT2D eigenvalue weighted by atomic mass is 16.6. The second kappa shape index (κ2) is 13.4. The third kappa shape index (κ3) is 8.29. The molecular formula is C37H46N4O6. The van der Waals surface area contributed by atoms with Crippen molar-refractivity contribution in [3.8, 4) is 22.3 Å². The highest BCUT2D eigenvalue weighted by Crippen LogP contribution is 2.49. The van der Waals surface area contributed by atoms with Crippen LogP contribution in [0.2, 0.25) is 0 Å². The van der Waals surface area contributed by atoms with Gasteiger partial charge in [-0.2, -0.15) is 0 Å². The van der Waals surface area contributed by atoms with Gasteiger partial charge in [0.15, 0.2) is 0 Å². The summed E-state index contributed by atoms with van der Waals surface area (Å²) in [6.45, 7) is 7.21. The van der Waals surface area contributed by atoms with Crippen molar-refractivity contribution >= 4 is 23.9 Å². The Morgan fingerprint density at radius 3 is 2.15 bits per heavy atom. The van der Waals surface area contributed by atoms with Crippen molar-refractivity contribution in [3.63, 3.8) is 0 Å². The SMILES string of the molecule is CN(C(=O)O)C1CCC(CC(=O)Nc2cc(-c3ccccc3)c(-c3ccc(C4(NC(=O)OC(C)(C)C)CC(C)(O)C4)cc3)cn2)CC1. The van der Waals surface area contributed by atoms with E-state index in [2.05, 4.69) is 15.6 Å². The molecule has 0 spiro atoms. The molecular weight excluding hydrogens is 596 g/mol. The average molecular weight is 643 g/mol. The van der Waals surface area contributed by atoms with E-state index in [0.29, 0.717) is 25.1 Å². The van der Waals surface area contributed by atoms with Crippen LogP contribution in [0.3, 0.4) is 0 Å². The quantitative estimate of drug-likeness (QED) is 0.204. The van der Waals surface area contributed by atoms with Crippen molar-refractivity contribution in [2.75, 3.05) is 12.4 Å². The molecule has 0 bridgehead atoms. The smallest absolute Gasteiger partial charge is 0.408 e. The van der Waals surface area contributed by atoms with Gasteiger partial charge in [0.25, 0.3) is 0 Å². The minimum atomic E-state index is -0.919. The summed E-state index contributed by atoms with van der Waals surface area (Å²) in [5.74, 6) is 0.556. The van der Waals surface area contributed by atoms with Gasteiger partial charge in [0.05, 0.1) is 11.1 Å². The average Bonchev–Trinajstić information content (AvgIpc) is 2.99. The second-order valence-corrected chi connectivity index (χ2v) is 14.4. The molecule has 0 aliphatic heterocycles. The predicted octanol–water partition coefficient (Wildman–Crippen LogP) is 7.18. The van der Waals surface area contributed by atoms with Gasteiger partial charge in [-0.3, -0.25) is 4.79 Å². The van der Waals surface area contributed by atoms with Crippen LogP contribution in [-0.2, 0) is 15.1 Å². The number of ether oxygens (including phenoxy) is 1. The van der Waals surface area contributed by atoms with Crippen LogP contribution < -0.4 is 10.6 Å². The summed E-state index contributed by atoms with van der Waals surface area (Å²) in [5.41, 5.74) is 2.28. The van der Waals surface area contributed by atoms with Gasteiger partial charge in [0, 0.05) is 44.1 Å². The first-order valence-corrected chi connectivity index (χ1v) is 16.3. The van der Waals surface area contributed by atoms with Gasteiger partial charge in [0.1, 0.15) is 11.4 Å². The van der Waals surface area contributed by atoms with Gasteiger partial charge in [-0.25, -0.2) is 14.6 Å². The number of rotatable bonds is 8. The molecule has 3 amide bonds. The fourth-order valence-electron chi connectivity index (χ4n) is 7.04. The first-order chi connectivity index (χ1) is 22.1. The van der Waals surface area contributed by atoms with Crippen LogP contribution in [0.4, 0.5) is 15.4 Å². The highest BCUT2D eigenvalue weighted by molar-refractivity contribution is 5.92. The molecule has 1 aromatic heterocycles. The summed E-state index contributed by atoms with van der Waals surface area (Å²) in [6.07, 6.45) is 4.53. The van der Waals surface area contributed by atoms with Gasteiger partial charge in [-0.05, 0) is 87.6 Å². The monoisotopic (exact) mass is 642 g/mol. The van der Waals surface area contributed by atoms with Crippen LogP contribution in [-0.4, -0.2) is 62.5 Å². The third-order valence-electron chi connectivity index (χ3n) is 9.25. The summed E-state index contributed by atoms with van der Waals surface area (Å²) in [7, 11) is 1.61. The second-order valence-electron chi connectivity index (χ2n) is 14.4. The number of hydrogen-bond acceptors (Lipinski definition) is 6. The third-order valence-corrected chi connectivity index (χ3v) is 9.25. The summed E-state index contributed by atoms with van der Waals surface area (Å²) < 4.78 is 5.53. The van der Waals surface area contributed by atoms with Crippen molar-refractivity contribution in [2.24, 2.45) is 5.92 Å². The van der Waals surface area contributed by atoms with Gasteiger partial charge in [-0.15, -0.1) is 0 Å². The molecule has 3 aromatic rings. The Hall–Kier alpha value is -4.44. The number of carbonyl (C=O) groups is 3. The number of pyridine rings is 1. The van der Waals surface area contributed by atoms with E-state index in [1.54, 1.807) is 20.2 Å². The number of aliphatic hydroxyl groups is 1. The van der Waals surface area contributed by atoms with Crippen LogP contribution >= 0.6 is 0 Å². The number of aromatic nitrogens is 1. The number of benzene rings is 2. The van der Waals surface area contributed by atoms with Crippen LogP contribution in [0.25, 0.3) is 22.3 Å². The van der Waals surface area contributed by atoms with Crippen molar-refractivity contribution in [1.29, 1.82) is 0 Å². The lowest BCUT2D eigenvalue weighted by molar-refractivity contribution is -0.117. The molecule has 250 valence electrons. The Morgan fingerprint density at radius 2 is 1.57 bits per heavy atom. The maximum absolute atomic E-state index is 13.1. The normalized spacial score (nSPS) is 24.0. The Morgan fingerprint density at radius 1 is 0.957 bits per heavy atom. The predicted molar refractivity (Wildman–Crippen MR) is 181 cm³/mol. The van der Waals surface area contributed by atoms with Crippen LogP contribution in [0.15, 0.2) is 66.9 Å². The van der Waals surface area contributed by atoms with Crippen LogP contribution in [0, 0.1) is 5.92 Å². The number of nitrogens with one attached hydrogen (secondary N) is 2. The molecule has 4 N–H and O–H groups in total. The number of amides is 3. The lowest BCUT2D eigenvalue weighted by atomic mass is 9.62. The van der Waals surface area contributed by atoms with Crippen molar-refractivity contribution in [3.05, 3.63) is 72.4 Å². The van der Waals surface area contributed by atoms with Crippen LogP contribution in [0.1, 0.15) is 78.2 Å². The van der Waals surface area contributed by atoms with E-state index >= 15 is 0 Å². The standard InChI is InChI=1S/C37H46N4O6/c1-35(2,3)47-33(43)40-37(22-36(4,46)23-37)27-15-13-26(14-16-27)30-21-38-31(20-29(30)25-9-7-6-8-10-25)39-32(42)19-24-11-17-28(18-12-24)41(5)34(44)45/h6-10,13-16,20-21,24,28,46H,11-12,17-19,22-23H2,1-5H3,(H,40,43)(H,44,45)(H,38,39,42). The van der Waals surface area contributed by atoms with Crippen molar-refractivity contribution < 1.29 is 29.3 Å². The van der Waals surface area contributed by atoms with E-state index in [9.17, 15) is 24.6 Å². The molecule has 10 heteroatoms. The van der Waals surface area contributed by atoms with Crippen LogP contribution in [0.5, 0.6) is 0 Å². The number of hydrogen-bond donors (Lipinski definition) is 4. The minimum absolute atomic E-state index is 0.00103. The van der Waals surface area contributed by atoms with Crippen molar-refractivity contribution in [1.82, 2.24) is 15.2 Å². The van der Waals surface area contributed by atoms with E-state index < -0.39 is 28.9 Å². The fourth-order valence-corrected chi connectivity index (χ4v) is 7.04. The van der Waals surface area contributed by atoms with E-state index in [1.807, 2.05) is 81.4 Å². The topological polar surface area (TPSA) is 141 Å². The summed E-state index contributed by atoms with van der Waals surface area (Å²) in [4.78, 5) is 43.1. The zero-order valence-corrected chi connectivity index (χ0v) is 27.9. The largest absolute Gasteiger partial charge is 0.465 e. The van der Waals surface area contributed by atoms with E-state index in [1.165, 1.54) is 4.90 Å². The summed E-state index contributed by atoms with van der Waals surface area (Å²) >= 11 is 0. The number of carbonyl (C=O) groups excluding carboxylic acids is 2. The molecule has 0 saturated heterocycles.